The number of carbonyl (C=O) groups is 2. The molecule has 0 bridgehead atoms. The van der Waals surface area contributed by atoms with Crippen molar-refractivity contribution >= 4 is 29.0 Å². The molecular formula is C21H25N3O4. The van der Waals surface area contributed by atoms with E-state index in [1.807, 2.05) is 24.0 Å². The lowest BCUT2D eigenvalue weighted by molar-refractivity contribution is -0.119. The summed E-state index contributed by atoms with van der Waals surface area (Å²) in [5.41, 5.74) is 2.98. The zero-order chi connectivity index (χ0) is 20.1. The van der Waals surface area contributed by atoms with Gasteiger partial charge in [0.25, 0.3) is 0 Å². The molecule has 1 aliphatic heterocycles. The predicted molar refractivity (Wildman–Crippen MR) is 110 cm³/mol. The van der Waals surface area contributed by atoms with Crippen LogP contribution in [0.5, 0.6) is 11.5 Å². The van der Waals surface area contributed by atoms with Gasteiger partial charge in [-0.1, -0.05) is 6.07 Å². The van der Waals surface area contributed by atoms with Crippen LogP contribution in [0.4, 0.5) is 21.9 Å². The third kappa shape index (κ3) is 4.19. The Morgan fingerprint density at radius 3 is 2.57 bits per heavy atom. The van der Waals surface area contributed by atoms with Crippen LogP contribution < -0.4 is 25.0 Å². The first-order valence-electron chi connectivity index (χ1n) is 9.23. The lowest BCUT2D eigenvalue weighted by Gasteiger charge is -2.28. The molecular weight excluding hydrogens is 358 g/mol. The normalized spacial score (nSPS) is 13.8. The van der Waals surface area contributed by atoms with Crippen molar-refractivity contribution in [2.24, 2.45) is 0 Å². The second-order valence-electron chi connectivity index (χ2n) is 6.62. The number of benzene rings is 2. The lowest BCUT2D eigenvalue weighted by atomic mass is 10.1. The van der Waals surface area contributed by atoms with E-state index in [0.717, 1.165) is 30.6 Å². The molecule has 7 heteroatoms. The smallest absolute Gasteiger partial charge is 0.323 e. The van der Waals surface area contributed by atoms with Gasteiger partial charge in [-0.05, 0) is 55.7 Å². The number of ether oxygens (including phenoxy) is 2. The van der Waals surface area contributed by atoms with Gasteiger partial charge in [0, 0.05) is 24.3 Å². The summed E-state index contributed by atoms with van der Waals surface area (Å²) in [6.07, 6.45) is 2.54. The number of rotatable bonds is 5. The second-order valence-corrected chi connectivity index (χ2v) is 6.62. The standard InChI is InChI=1S/C21H25N3O4/c1-14-13-15(10-11-17(14)24-12-5-4-9-19(24)25)22-21(26)23-16-7-6-8-18(27-2)20(16)28-3/h6-8,10-11,13H,4-5,9,12H2,1-3H3,(H2,22,23,26). The van der Waals surface area contributed by atoms with E-state index in [4.69, 9.17) is 9.47 Å². The van der Waals surface area contributed by atoms with Crippen LogP contribution >= 0.6 is 0 Å². The molecule has 2 aromatic carbocycles. The molecule has 3 amide bonds. The summed E-state index contributed by atoms with van der Waals surface area (Å²) < 4.78 is 10.6. The van der Waals surface area contributed by atoms with Crippen LogP contribution in [0.1, 0.15) is 24.8 Å². The Bertz CT molecular complexity index is 882. The summed E-state index contributed by atoms with van der Waals surface area (Å²) in [5, 5.41) is 5.58. The van der Waals surface area contributed by atoms with Crippen LogP contribution in [-0.2, 0) is 4.79 Å². The maximum atomic E-state index is 12.4. The van der Waals surface area contributed by atoms with Crippen LogP contribution in [0.25, 0.3) is 0 Å². The van der Waals surface area contributed by atoms with E-state index >= 15 is 0 Å². The minimum Gasteiger partial charge on any atom is -0.493 e. The number of urea groups is 1. The van der Waals surface area contributed by atoms with Gasteiger partial charge in [0.15, 0.2) is 11.5 Å². The number of amides is 3. The average molecular weight is 383 g/mol. The van der Waals surface area contributed by atoms with Gasteiger partial charge >= 0.3 is 6.03 Å². The molecule has 0 saturated carbocycles. The first kappa shape index (κ1) is 19.5. The molecule has 2 aromatic rings. The number of anilines is 3. The van der Waals surface area contributed by atoms with E-state index in [2.05, 4.69) is 10.6 Å². The number of hydrogen-bond donors (Lipinski definition) is 2. The van der Waals surface area contributed by atoms with Crippen LogP contribution in [0.3, 0.4) is 0 Å². The van der Waals surface area contributed by atoms with Crippen LogP contribution in [0.2, 0.25) is 0 Å². The molecule has 3 rings (SSSR count). The Hall–Kier alpha value is -3.22. The van der Waals surface area contributed by atoms with E-state index in [0.29, 0.717) is 29.3 Å². The maximum Gasteiger partial charge on any atom is 0.323 e. The molecule has 2 N–H and O–H groups in total. The molecule has 0 atom stereocenters. The molecule has 0 spiro atoms. The minimum absolute atomic E-state index is 0.151. The zero-order valence-electron chi connectivity index (χ0n) is 16.4. The Kier molecular flexibility index (Phi) is 6.03. The van der Waals surface area contributed by atoms with Crippen LogP contribution in [0, 0.1) is 6.92 Å². The quantitative estimate of drug-likeness (QED) is 0.812. The first-order chi connectivity index (χ1) is 13.5. The van der Waals surface area contributed by atoms with E-state index in [1.54, 1.807) is 31.4 Å². The van der Waals surface area contributed by atoms with Gasteiger partial charge in [-0.3, -0.25) is 4.79 Å². The number of carbonyl (C=O) groups excluding carboxylic acids is 2. The van der Waals surface area contributed by atoms with Crippen LogP contribution in [-0.4, -0.2) is 32.7 Å². The van der Waals surface area contributed by atoms with Crippen molar-refractivity contribution < 1.29 is 19.1 Å². The molecule has 0 aliphatic carbocycles. The third-order valence-corrected chi connectivity index (χ3v) is 4.72. The van der Waals surface area contributed by atoms with E-state index in [9.17, 15) is 9.59 Å². The van der Waals surface area contributed by atoms with Gasteiger partial charge in [0.1, 0.15) is 0 Å². The molecule has 28 heavy (non-hydrogen) atoms. The van der Waals surface area contributed by atoms with Crippen molar-refractivity contribution in [3.63, 3.8) is 0 Å². The van der Waals surface area contributed by atoms with Crippen molar-refractivity contribution in [1.29, 1.82) is 0 Å². The van der Waals surface area contributed by atoms with Crippen molar-refractivity contribution in [2.75, 3.05) is 36.3 Å². The van der Waals surface area contributed by atoms with E-state index in [1.165, 1.54) is 7.11 Å². The van der Waals surface area contributed by atoms with Gasteiger partial charge < -0.3 is 25.0 Å². The van der Waals surface area contributed by atoms with Gasteiger partial charge in [-0.15, -0.1) is 0 Å². The zero-order valence-corrected chi connectivity index (χ0v) is 16.4. The Morgan fingerprint density at radius 1 is 1.07 bits per heavy atom. The molecule has 7 nitrogen and oxygen atoms in total. The monoisotopic (exact) mass is 383 g/mol. The molecule has 1 fully saturated rings. The number of para-hydroxylation sites is 1. The molecule has 0 aromatic heterocycles. The second kappa shape index (κ2) is 8.65. The third-order valence-electron chi connectivity index (χ3n) is 4.72. The van der Waals surface area contributed by atoms with Crippen molar-refractivity contribution in [3.05, 3.63) is 42.0 Å². The predicted octanol–water partition coefficient (Wildman–Crippen LogP) is 4.17. The minimum atomic E-state index is -0.396. The Morgan fingerprint density at radius 2 is 1.89 bits per heavy atom. The summed E-state index contributed by atoms with van der Waals surface area (Å²) >= 11 is 0. The number of aryl methyl sites for hydroxylation is 1. The molecule has 148 valence electrons. The van der Waals surface area contributed by atoms with E-state index in [-0.39, 0.29) is 5.91 Å². The highest BCUT2D eigenvalue weighted by molar-refractivity contribution is 6.01. The average Bonchev–Trinajstić information content (AvgIpc) is 2.68. The van der Waals surface area contributed by atoms with Gasteiger partial charge in [-0.2, -0.15) is 0 Å². The molecule has 0 radical (unpaired) electrons. The molecule has 0 unspecified atom stereocenters. The fourth-order valence-corrected chi connectivity index (χ4v) is 3.37. The fraction of sp³-hybridized carbons (Fsp3) is 0.333. The Labute approximate surface area is 164 Å². The number of nitrogens with one attached hydrogen (secondary N) is 2. The number of piperidine rings is 1. The summed E-state index contributed by atoms with van der Waals surface area (Å²) in [6.45, 7) is 2.67. The molecule has 1 saturated heterocycles. The highest BCUT2D eigenvalue weighted by atomic mass is 16.5. The number of nitrogens with zero attached hydrogens (tertiary/aromatic N) is 1. The lowest BCUT2D eigenvalue weighted by Crippen LogP contribution is -2.35. The molecule has 1 heterocycles. The molecule has 1 aliphatic rings. The summed E-state index contributed by atoms with van der Waals surface area (Å²) in [5.74, 6) is 1.14. The van der Waals surface area contributed by atoms with E-state index < -0.39 is 6.03 Å². The van der Waals surface area contributed by atoms with Crippen molar-refractivity contribution in [1.82, 2.24) is 0 Å². The largest absolute Gasteiger partial charge is 0.493 e. The summed E-state index contributed by atoms with van der Waals surface area (Å²) in [6, 6.07) is 10.4. The van der Waals surface area contributed by atoms with Gasteiger partial charge in [-0.25, -0.2) is 4.79 Å². The maximum absolute atomic E-state index is 12.4. The fourth-order valence-electron chi connectivity index (χ4n) is 3.37. The first-order valence-corrected chi connectivity index (χ1v) is 9.23. The van der Waals surface area contributed by atoms with Crippen LogP contribution in [0.15, 0.2) is 36.4 Å². The van der Waals surface area contributed by atoms with Crippen molar-refractivity contribution in [2.45, 2.75) is 26.2 Å². The Balaban J connectivity index is 1.71. The van der Waals surface area contributed by atoms with Gasteiger partial charge in [0.2, 0.25) is 5.91 Å². The van der Waals surface area contributed by atoms with Gasteiger partial charge in [0.05, 0.1) is 19.9 Å². The SMILES string of the molecule is COc1cccc(NC(=O)Nc2ccc(N3CCCCC3=O)c(C)c2)c1OC. The highest BCUT2D eigenvalue weighted by Gasteiger charge is 2.21. The van der Waals surface area contributed by atoms with Crippen molar-refractivity contribution in [3.8, 4) is 11.5 Å². The number of methoxy groups -OCH3 is 2. The number of hydrogen-bond acceptors (Lipinski definition) is 4. The topological polar surface area (TPSA) is 79.9 Å². The summed E-state index contributed by atoms with van der Waals surface area (Å²) in [4.78, 5) is 26.4. The summed E-state index contributed by atoms with van der Waals surface area (Å²) in [7, 11) is 3.06. The highest BCUT2D eigenvalue weighted by Crippen LogP contribution is 2.35.